The van der Waals surface area contributed by atoms with Crippen molar-refractivity contribution in [3.05, 3.63) is 17.5 Å². The van der Waals surface area contributed by atoms with Gasteiger partial charge in [0.15, 0.2) is 0 Å². The summed E-state index contributed by atoms with van der Waals surface area (Å²) in [7, 11) is 0. The van der Waals surface area contributed by atoms with Crippen LogP contribution in [-0.4, -0.2) is 21.5 Å². The van der Waals surface area contributed by atoms with Crippen molar-refractivity contribution in [1.29, 1.82) is 0 Å². The Bertz CT molecular complexity index is 379. The lowest BCUT2D eigenvalue weighted by Crippen LogP contribution is -2.15. The number of hydrogen-bond donors (Lipinski definition) is 2. The summed E-state index contributed by atoms with van der Waals surface area (Å²) in [5.74, 6) is 0.615. The fourth-order valence-electron chi connectivity index (χ4n) is 1.53. The lowest BCUT2D eigenvalue weighted by atomic mass is 10.2. The molecule has 1 rings (SSSR count). The minimum absolute atomic E-state index is 0.310. The van der Waals surface area contributed by atoms with Crippen LogP contribution >= 0.6 is 12.2 Å². The smallest absolute Gasteiger partial charge is 0.223 e. The third-order valence-electron chi connectivity index (χ3n) is 2.42. The fourth-order valence-corrected chi connectivity index (χ4v) is 1.63. The predicted molar refractivity (Wildman–Crippen MR) is 75.3 cm³/mol. The quantitative estimate of drug-likeness (QED) is 0.576. The molecular weight excluding hydrogens is 232 g/mol. The summed E-state index contributed by atoms with van der Waals surface area (Å²) in [6.45, 7) is 5.00. The molecule has 0 spiro atoms. The Balaban J connectivity index is 2.50. The topological polar surface area (TPSA) is 63.8 Å². The number of aromatic nitrogens is 2. The fraction of sp³-hybridized carbons (Fsp3) is 0.583. The van der Waals surface area contributed by atoms with Gasteiger partial charge in [0.2, 0.25) is 5.95 Å². The molecule has 0 aliphatic carbocycles. The van der Waals surface area contributed by atoms with Crippen molar-refractivity contribution < 1.29 is 0 Å². The molecule has 0 unspecified atom stereocenters. The minimum atomic E-state index is 0.310. The van der Waals surface area contributed by atoms with Gasteiger partial charge >= 0.3 is 0 Å². The normalized spacial score (nSPS) is 10.2. The summed E-state index contributed by atoms with van der Waals surface area (Å²) in [6.07, 6.45) is 4.88. The highest BCUT2D eigenvalue weighted by Crippen LogP contribution is 2.06. The SMILES string of the molecule is CCCCCCNc1nc(C)cc(C(N)=S)n1. The summed E-state index contributed by atoms with van der Waals surface area (Å²) in [4.78, 5) is 8.87. The molecule has 0 fully saturated rings. The molecular formula is C12H20N4S. The molecule has 0 aliphatic heterocycles. The van der Waals surface area contributed by atoms with Crippen molar-refractivity contribution in [2.24, 2.45) is 5.73 Å². The number of anilines is 1. The molecule has 4 nitrogen and oxygen atoms in total. The van der Waals surface area contributed by atoms with Crippen LogP contribution < -0.4 is 11.1 Å². The first-order valence-corrected chi connectivity index (χ1v) is 6.43. The van der Waals surface area contributed by atoms with Crippen LogP contribution in [0.5, 0.6) is 0 Å². The van der Waals surface area contributed by atoms with E-state index < -0.39 is 0 Å². The van der Waals surface area contributed by atoms with Gasteiger partial charge in [-0.1, -0.05) is 38.4 Å². The van der Waals surface area contributed by atoms with E-state index >= 15 is 0 Å². The van der Waals surface area contributed by atoms with E-state index in [-0.39, 0.29) is 0 Å². The number of rotatable bonds is 7. The Labute approximate surface area is 108 Å². The van der Waals surface area contributed by atoms with E-state index in [2.05, 4.69) is 22.2 Å². The van der Waals surface area contributed by atoms with Crippen LogP contribution in [-0.2, 0) is 0 Å². The predicted octanol–water partition coefficient (Wildman–Crippen LogP) is 2.41. The molecule has 0 saturated carbocycles. The molecule has 1 aromatic heterocycles. The van der Waals surface area contributed by atoms with E-state index in [4.69, 9.17) is 18.0 Å². The molecule has 1 aromatic rings. The van der Waals surface area contributed by atoms with Gasteiger partial charge in [-0.25, -0.2) is 9.97 Å². The lowest BCUT2D eigenvalue weighted by molar-refractivity contribution is 0.683. The van der Waals surface area contributed by atoms with Crippen LogP contribution in [0.15, 0.2) is 6.07 Å². The second kappa shape index (κ2) is 7.17. The molecule has 5 heteroatoms. The highest BCUT2D eigenvalue weighted by molar-refractivity contribution is 7.80. The Morgan fingerprint density at radius 2 is 2.12 bits per heavy atom. The lowest BCUT2D eigenvalue weighted by Gasteiger charge is -2.07. The van der Waals surface area contributed by atoms with Gasteiger partial charge in [0.1, 0.15) is 10.7 Å². The van der Waals surface area contributed by atoms with Crippen molar-refractivity contribution >= 4 is 23.2 Å². The van der Waals surface area contributed by atoms with Gasteiger partial charge in [0.25, 0.3) is 0 Å². The number of thiocarbonyl (C=S) groups is 1. The van der Waals surface area contributed by atoms with Gasteiger partial charge in [0, 0.05) is 12.2 Å². The summed E-state index contributed by atoms with van der Waals surface area (Å²) in [5.41, 5.74) is 7.06. The van der Waals surface area contributed by atoms with Crippen LogP contribution in [0.4, 0.5) is 5.95 Å². The summed E-state index contributed by atoms with van der Waals surface area (Å²) in [5, 5.41) is 3.20. The molecule has 0 bridgehead atoms. The third-order valence-corrected chi connectivity index (χ3v) is 2.63. The molecule has 3 N–H and O–H groups in total. The van der Waals surface area contributed by atoms with E-state index in [1.807, 2.05) is 6.92 Å². The molecule has 1 heterocycles. The zero-order valence-corrected chi connectivity index (χ0v) is 11.3. The largest absolute Gasteiger partial charge is 0.388 e. The monoisotopic (exact) mass is 252 g/mol. The standard InChI is InChI=1S/C12H20N4S/c1-3-4-5-6-7-14-12-15-9(2)8-10(16-12)11(13)17/h8H,3-7H2,1-2H3,(H2,13,17)(H,14,15,16). The summed E-state index contributed by atoms with van der Waals surface area (Å²) in [6, 6.07) is 1.80. The van der Waals surface area contributed by atoms with E-state index in [9.17, 15) is 0 Å². The Hall–Kier alpha value is -1.23. The molecule has 0 radical (unpaired) electrons. The van der Waals surface area contributed by atoms with Crippen LogP contribution in [0.25, 0.3) is 0 Å². The number of nitrogens with two attached hydrogens (primary N) is 1. The second-order valence-corrected chi connectivity index (χ2v) is 4.51. The first kappa shape index (κ1) is 13.8. The van der Waals surface area contributed by atoms with Crippen molar-refractivity contribution in [2.75, 3.05) is 11.9 Å². The maximum Gasteiger partial charge on any atom is 0.223 e. The Kier molecular flexibility index (Phi) is 5.83. The summed E-state index contributed by atoms with van der Waals surface area (Å²) < 4.78 is 0. The highest BCUT2D eigenvalue weighted by atomic mass is 32.1. The van der Waals surface area contributed by atoms with E-state index in [1.54, 1.807) is 6.07 Å². The average Bonchev–Trinajstić information content (AvgIpc) is 2.28. The molecule has 0 atom stereocenters. The van der Waals surface area contributed by atoms with Gasteiger partial charge in [-0.3, -0.25) is 0 Å². The van der Waals surface area contributed by atoms with Crippen molar-refractivity contribution in [3.8, 4) is 0 Å². The van der Waals surface area contributed by atoms with Crippen molar-refractivity contribution in [1.82, 2.24) is 9.97 Å². The molecule has 0 aliphatic rings. The van der Waals surface area contributed by atoms with Gasteiger partial charge in [-0.05, 0) is 19.4 Å². The Morgan fingerprint density at radius 3 is 2.76 bits per heavy atom. The minimum Gasteiger partial charge on any atom is -0.388 e. The van der Waals surface area contributed by atoms with Gasteiger partial charge in [-0.2, -0.15) is 0 Å². The zero-order valence-electron chi connectivity index (χ0n) is 10.5. The van der Waals surface area contributed by atoms with Gasteiger partial charge in [-0.15, -0.1) is 0 Å². The number of hydrogen-bond acceptors (Lipinski definition) is 4. The number of unbranched alkanes of at least 4 members (excludes halogenated alkanes) is 3. The van der Waals surface area contributed by atoms with Crippen molar-refractivity contribution in [3.63, 3.8) is 0 Å². The van der Waals surface area contributed by atoms with Crippen LogP contribution in [0.3, 0.4) is 0 Å². The van der Waals surface area contributed by atoms with E-state index in [1.165, 1.54) is 19.3 Å². The Morgan fingerprint density at radius 1 is 1.35 bits per heavy atom. The molecule has 0 saturated heterocycles. The second-order valence-electron chi connectivity index (χ2n) is 4.07. The van der Waals surface area contributed by atoms with Crippen LogP contribution in [0.2, 0.25) is 0 Å². The highest BCUT2D eigenvalue weighted by Gasteiger charge is 2.03. The number of nitrogens with zero attached hydrogens (tertiary/aromatic N) is 2. The summed E-state index contributed by atoms with van der Waals surface area (Å²) >= 11 is 4.91. The average molecular weight is 252 g/mol. The van der Waals surface area contributed by atoms with E-state index in [0.29, 0.717) is 16.6 Å². The van der Waals surface area contributed by atoms with Crippen molar-refractivity contribution in [2.45, 2.75) is 39.5 Å². The van der Waals surface area contributed by atoms with Crippen LogP contribution in [0.1, 0.15) is 44.0 Å². The maximum atomic E-state index is 5.56. The first-order valence-electron chi connectivity index (χ1n) is 6.03. The molecule has 94 valence electrons. The molecule has 0 amide bonds. The molecule has 17 heavy (non-hydrogen) atoms. The maximum absolute atomic E-state index is 5.56. The number of aryl methyl sites for hydroxylation is 1. The van der Waals surface area contributed by atoms with E-state index in [0.717, 1.165) is 18.7 Å². The van der Waals surface area contributed by atoms with Gasteiger partial charge < -0.3 is 11.1 Å². The molecule has 0 aromatic carbocycles. The number of nitrogens with one attached hydrogen (secondary N) is 1. The first-order chi connectivity index (χ1) is 8.13. The zero-order chi connectivity index (χ0) is 12.7. The van der Waals surface area contributed by atoms with Crippen LogP contribution in [0, 0.1) is 6.92 Å². The third kappa shape index (κ3) is 5.08. The van der Waals surface area contributed by atoms with Gasteiger partial charge in [0.05, 0.1) is 0 Å².